The lowest BCUT2D eigenvalue weighted by atomic mass is 10.0. The third-order valence-electron chi connectivity index (χ3n) is 4.61. The monoisotopic (exact) mass is 446 g/mol. The summed E-state index contributed by atoms with van der Waals surface area (Å²) in [6.45, 7) is 8.28. The van der Waals surface area contributed by atoms with Crippen LogP contribution in [-0.4, -0.2) is 24.6 Å². The number of aryl methyl sites for hydroxylation is 1. The Bertz CT molecular complexity index is 1260. The minimum atomic E-state index is -0.0192. The summed E-state index contributed by atoms with van der Waals surface area (Å²) < 4.78 is 1.99. The number of phenols is 1. The molecule has 4 rings (SSSR count). The summed E-state index contributed by atoms with van der Waals surface area (Å²) in [5.41, 5.74) is 15.9. The van der Waals surface area contributed by atoms with Gasteiger partial charge < -0.3 is 26.5 Å². The number of anilines is 3. The molecule has 0 radical (unpaired) electrons. The Morgan fingerprint density at radius 3 is 2.33 bits per heavy atom. The molecule has 3 heterocycles. The third-order valence-corrected chi connectivity index (χ3v) is 4.61. The summed E-state index contributed by atoms with van der Waals surface area (Å²) >= 11 is 0. The highest BCUT2D eigenvalue weighted by Crippen LogP contribution is 2.29. The van der Waals surface area contributed by atoms with Gasteiger partial charge in [-0.25, -0.2) is 4.98 Å². The van der Waals surface area contributed by atoms with Crippen molar-refractivity contribution in [2.24, 2.45) is 7.05 Å². The number of hydrogen-bond donors (Lipinski definition) is 4. The molecular weight excluding hydrogens is 416 g/mol. The highest BCUT2D eigenvalue weighted by molar-refractivity contribution is 5.83. The molecule has 1 aromatic carbocycles. The van der Waals surface area contributed by atoms with E-state index in [0.717, 1.165) is 27.9 Å². The van der Waals surface area contributed by atoms with Gasteiger partial charge in [0.2, 0.25) is 5.95 Å². The van der Waals surface area contributed by atoms with Crippen molar-refractivity contribution >= 4 is 28.6 Å². The Kier molecular flexibility index (Phi) is 8.57. The molecule has 0 amide bonds. The lowest BCUT2D eigenvalue weighted by Crippen LogP contribution is -2.11. The number of aromatic nitrogens is 4. The average molecular weight is 447 g/mol. The molecule has 0 aliphatic carbocycles. The van der Waals surface area contributed by atoms with Crippen molar-refractivity contribution in [3.8, 4) is 22.9 Å². The quantitative estimate of drug-likeness (QED) is 0.359. The van der Waals surface area contributed by atoms with Crippen molar-refractivity contribution in [2.45, 2.75) is 34.2 Å². The zero-order valence-electron chi connectivity index (χ0n) is 19.6. The summed E-state index contributed by atoms with van der Waals surface area (Å²) in [7, 11) is 1.95. The van der Waals surface area contributed by atoms with Crippen LogP contribution in [0.25, 0.3) is 22.2 Å². The largest absolute Gasteiger partial charge is 0.508 e. The normalized spacial score (nSPS) is 9.82. The van der Waals surface area contributed by atoms with E-state index >= 15 is 0 Å². The number of rotatable bonds is 4. The summed E-state index contributed by atoms with van der Waals surface area (Å²) in [5, 5.41) is 22.1. The SMILES string of the molecule is CC.CC.Cn1ccc2nc(CNc3nc(N)nc(N)c3C#N)c(-c3ccc(O)cc3)cc21. The van der Waals surface area contributed by atoms with Crippen LogP contribution in [0.5, 0.6) is 5.75 Å². The number of nitrogens with two attached hydrogens (primary N) is 2. The molecule has 0 atom stereocenters. The summed E-state index contributed by atoms with van der Waals surface area (Å²) in [6.07, 6.45) is 1.94. The predicted molar refractivity (Wildman–Crippen MR) is 133 cm³/mol. The number of hydrogen-bond acceptors (Lipinski definition) is 8. The molecule has 0 aliphatic heterocycles. The number of nitrogens with one attached hydrogen (secondary N) is 1. The fourth-order valence-corrected chi connectivity index (χ4v) is 3.15. The Hall–Kier alpha value is -4.32. The van der Waals surface area contributed by atoms with Gasteiger partial charge in [-0.1, -0.05) is 39.8 Å². The molecular formula is C24H30N8O. The fraction of sp³-hybridized carbons (Fsp3) is 0.250. The molecule has 3 aromatic heterocycles. The maximum absolute atomic E-state index is 9.62. The zero-order valence-corrected chi connectivity index (χ0v) is 19.6. The smallest absolute Gasteiger partial charge is 0.224 e. The van der Waals surface area contributed by atoms with Crippen molar-refractivity contribution in [1.29, 1.82) is 5.26 Å². The van der Waals surface area contributed by atoms with Gasteiger partial charge >= 0.3 is 0 Å². The zero-order chi connectivity index (χ0) is 24.5. The molecule has 0 spiro atoms. The molecule has 6 N–H and O–H groups in total. The summed E-state index contributed by atoms with van der Waals surface area (Å²) in [5.74, 6) is 0.443. The number of aromatic hydroxyl groups is 1. The molecule has 0 saturated carbocycles. The maximum Gasteiger partial charge on any atom is 0.224 e. The van der Waals surface area contributed by atoms with Gasteiger partial charge in [0.1, 0.15) is 23.2 Å². The number of nitrogens with zero attached hydrogens (tertiary/aromatic N) is 5. The molecule has 4 aromatic rings. The molecule has 33 heavy (non-hydrogen) atoms. The molecule has 9 heteroatoms. The first kappa shape index (κ1) is 24.9. The van der Waals surface area contributed by atoms with Gasteiger partial charge in [0.05, 0.1) is 23.3 Å². The van der Waals surface area contributed by atoms with Crippen LogP contribution in [0.15, 0.2) is 42.6 Å². The average Bonchev–Trinajstić information content (AvgIpc) is 3.19. The van der Waals surface area contributed by atoms with Crippen molar-refractivity contribution < 1.29 is 5.11 Å². The highest BCUT2D eigenvalue weighted by Gasteiger charge is 2.15. The molecule has 0 saturated heterocycles. The fourth-order valence-electron chi connectivity index (χ4n) is 3.15. The highest BCUT2D eigenvalue weighted by atomic mass is 16.3. The van der Waals surface area contributed by atoms with Crippen molar-refractivity contribution in [2.75, 3.05) is 16.8 Å². The van der Waals surface area contributed by atoms with Crippen LogP contribution in [0.3, 0.4) is 0 Å². The molecule has 172 valence electrons. The number of fused-ring (bicyclic) bond motifs is 1. The number of pyridine rings is 1. The predicted octanol–water partition coefficient (Wildman–Crippen LogP) is 4.44. The molecule has 0 aliphatic rings. The second kappa shape index (κ2) is 11.3. The third kappa shape index (κ3) is 5.49. The van der Waals surface area contributed by atoms with E-state index in [2.05, 4.69) is 15.3 Å². The van der Waals surface area contributed by atoms with Crippen LogP contribution in [0.2, 0.25) is 0 Å². The van der Waals surface area contributed by atoms with Crippen LogP contribution in [0.4, 0.5) is 17.6 Å². The van der Waals surface area contributed by atoms with E-state index in [-0.39, 0.29) is 35.4 Å². The number of benzene rings is 1. The van der Waals surface area contributed by atoms with Crippen molar-refractivity contribution in [3.63, 3.8) is 0 Å². The van der Waals surface area contributed by atoms with Crippen LogP contribution < -0.4 is 16.8 Å². The Morgan fingerprint density at radius 2 is 1.70 bits per heavy atom. The first-order valence-electron chi connectivity index (χ1n) is 10.8. The Balaban J connectivity index is 0.000000914. The second-order valence-corrected chi connectivity index (χ2v) is 6.52. The topological polar surface area (TPSA) is 152 Å². The summed E-state index contributed by atoms with van der Waals surface area (Å²) in [4.78, 5) is 12.7. The minimum absolute atomic E-state index is 0.0192. The van der Waals surface area contributed by atoms with Crippen LogP contribution in [0.1, 0.15) is 39.0 Å². The number of phenolic OH excluding ortho intramolecular Hbond substituents is 1. The second-order valence-electron chi connectivity index (χ2n) is 6.52. The minimum Gasteiger partial charge on any atom is -0.508 e. The first-order chi connectivity index (χ1) is 16.0. The molecule has 0 bridgehead atoms. The van der Waals surface area contributed by atoms with Crippen LogP contribution in [-0.2, 0) is 13.6 Å². The van der Waals surface area contributed by atoms with Crippen LogP contribution >= 0.6 is 0 Å². The van der Waals surface area contributed by atoms with E-state index in [1.165, 1.54) is 0 Å². The van der Waals surface area contributed by atoms with E-state index in [1.807, 2.05) is 75.8 Å². The van der Waals surface area contributed by atoms with Crippen molar-refractivity contribution in [3.05, 3.63) is 53.9 Å². The maximum atomic E-state index is 9.62. The first-order valence-corrected chi connectivity index (χ1v) is 10.8. The van der Waals surface area contributed by atoms with Gasteiger partial charge in [0, 0.05) is 18.8 Å². The molecule has 0 fully saturated rings. The Labute approximate surface area is 193 Å². The van der Waals surface area contributed by atoms with E-state index in [0.29, 0.717) is 0 Å². The van der Waals surface area contributed by atoms with Crippen LogP contribution in [0, 0.1) is 11.3 Å². The molecule has 9 nitrogen and oxygen atoms in total. The van der Waals surface area contributed by atoms with E-state index in [4.69, 9.17) is 16.5 Å². The van der Waals surface area contributed by atoms with E-state index in [1.54, 1.807) is 12.1 Å². The standard InChI is InChI=1S/C20H18N8O.2C2H6/c1-28-7-6-15-17(28)8-13(11-2-4-12(29)5-3-11)16(25-15)10-24-19-14(9-21)18(22)26-20(23)27-19;2*1-2/h2-8,29H,10H2,1H3,(H5,22,23,24,26,27);2*1-2H3. The number of nitrogen functional groups attached to an aromatic ring is 2. The van der Waals surface area contributed by atoms with Gasteiger partial charge in [-0.15, -0.1) is 0 Å². The van der Waals surface area contributed by atoms with Gasteiger partial charge in [0.15, 0.2) is 5.82 Å². The summed E-state index contributed by atoms with van der Waals surface area (Å²) in [6, 6.07) is 12.9. The van der Waals surface area contributed by atoms with E-state index < -0.39 is 0 Å². The number of nitriles is 1. The van der Waals surface area contributed by atoms with Gasteiger partial charge in [-0.2, -0.15) is 15.2 Å². The van der Waals surface area contributed by atoms with E-state index in [9.17, 15) is 10.4 Å². The Morgan fingerprint density at radius 1 is 1.03 bits per heavy atom. The van der Waals surface area contributed by atoms with Gasteiger partial charge in [-0.3, -0.25) is 0 Å². The molecule has 0 unspecified atom stereocenters. The van der Waals surface area contributed by atoms with Gasteiger partial charge in [-0.05, 0) is 29.8 Å². The van der Waals surface area contributed by atoms with Crippen molar-refractivity contribution in [1.82, 2.24) is 19.5 Å². The lowest BCUT2D eigenvalue weighted by molar-refractivity contribution is 0.475. The lowest BCUT2D eigenvalue weighted by Gasteiger charge is -2.13. The van der Waals surface area contributed by atoms with Gasteiger partial charge in [0.25, 0.3) is 0 Å².